The summed E-state index contributed by atoms with van der Waals surface area (Å²) in [6.45, 7) is -0.133. The van der Waals surface area contributed by atoms with Crippen LogP contribution in [0.3, 0.4) is 0 Å². The Morgan fingerprint density at radius 2 is 2.06 bits per heavy atom. The zero-order valence-corrected chi connectivity index (χ0v) is 18.2. The van der Waals surface area contributed by atoms with E-state index in [9.17, 15) is 19.2 Å². The highest BCUT2D eigenvalue weighted by Crippen LogP contribution is 2.23. The van der Waals surface area contributed by atoms with Crippen LogP contribution in [0.1, 0.15) is 16.9 Å². The number of aromatic nitrogens is 2. The third kappa shape index (κ3) is 5.73. The molecule has 0 radical (unpaired) electrons. The first kappa shape index (κ1) is 23.4. The van der Waals surface area contributed by atoms with Crippen molar-refractivity contribution in [2.75, 3.05) is 32.6 Å². The Kier molecular flexibility index (Phi) is 7.38. The summed E-state index contributed by atoms with van der Waals surface area (Å²) in [7, 11) is 2.92. The number of amides is 5. The summed E-state index contributed by atoms with van der Waals surface area (Å²) in [6.07, 6.45) is 4.42. The van der Waals surface area contributed by atoms with Crippen LogP contribution in [-0.2, 0) is 9.59 Å². The third-order valence-electron chi connectivity index (χ3n) is 5.11. The van der Waals surface area contributed by atoms with Crippen LogP contribution < -0.4 is 21.1 Å². The van der Waals surface area contributed by atoms with Crippen molar-refractivity contribution in [1.29, 1.82) is 0 Å². The highest BCUT2D eigenvalue weighted by atomic mass is 16.5. The van der Waals surface area contributed by atoms with Crippen LogP contribution in [0.5, 0.6) is 5.75 Å². The van der Waals surface area contributed by atoms with Crippen molar-refractivity contribution in [3.8, 4) is 5.75 Å². The maximum atomic E-state index is 13.2. The highest BCUT2D eigenvalue weighted by molar-refractivity contribution is 5.98. The van der Waals surface area contributed by atoms with Gasteiger partial charge < -0.3 is 30.9 Å². The first-order valence-electron chi connectivity index (χ1n) is 10.1. The zero-order valence-electron chi connectivity index (χ0n) is 18.2. The van der Waals surface area contributed by atoms with E-state index >= 15 is 0 Å². The van der Waals surface area contributed by atoms with Gasteiger partial charge in [-0.05, 0) is 18.6 Å². The van der Waals surface area contributed by atoms with Crippen molar-refractivity contribution in [2.45, 2.75) is 18.5 Å². The molecule has 0 spiro atoms. The van der Waals surface area contributed by atoms with Crippen molar-refractivity contribution in [1.82, 2.24) is 25.1 Å². The van der Waals surface area contributed by atoms with Gasteiger partial charge in [0.05, 0.1) is 25.9 Å². The number of urea groups is 1. The van der Waals surface area contributed by atoms with Crippen molar-refractivity contribution in [3.05, 3.63) is 48.5 Å². The maximum Gasteiger partial charge on any atom is 0.319 e. The summed E-state index contributed by atoms with van der Waals surface area (Å²) in [5.41, 5.74) is 5.77. The van der Waals surface area contributed by atoms with E-state index in [0.717, 1.165) is 4.90 Å². The number of methoxy groups -OCH3 is 1. The molecule has 2 heterocycles. The number of rotatable bonds is 7. The monoisotopic (exact) mass is 455 g/mol. The quantitative estimate of drug-likeness (QED) is 0.523. The van der Waals surface area contributed by atoms with Crippen LogP contribution in [0.4, 0.5) is 10.5 Å². The standard InChI is InChI=1S/C21H25N7O5/c1-27(12-17(22)29)20(31)18-15(6-9-28(18)19(30)16-11-23-7-8-24-16)26-21(32)25-13-4-3-5-14(10-13)33-2/h3-5,7-8,10-11,15,18H,6,9,12H2,1-2H3,(H2,22,29)(H2,25,26,32)/t15-,18+/m0/s1. The number of anilines is 1. The smallest absolute Gasteiger partial charge is 0.319 e. The van der Waals surface area contributed by atoms with Crippen LogP contribution in [0.15, 0.2) is 42.9 Å². The second-order valence-electron chi connectivity index (χ2n) is 7.42. The molecule has 12 heteroatoms. The van der Waals surface area contributed by atoms with Gasteiger partial charge in [-0.3, -0.25) is 19.4 Å². The molecule has 0 unspecified atom stereocenters. The third-order valence-corrected chi connectivity index (χ3v) is 5.11. The summed E-state index contributed by atoms with van der Waals surface area (Å²) in [5, 5.41) is 5.44. The van der Waals surface area contributed by atoms with Gasteiger partial charge in [0.15, 0.2) is 0 Å². The van der Waals surface area contributed by atoms with Crippen LogP contribution in [0.2, 0.25) is 0 Å². The zero-order chi connectivity index (χ0) is 24.0. The van der Waals surface area contributed by atoms with Crippen LogP contribution in [-0.4, -0.2) is 82.9 Å². The summed E-state index contributed by atoms with van der Waals surface area (Å²) < 4.78 is 5.14. The minimum absolute atomic E-state index is 0.0642. The molecular formula is C21H25N7O5. The summed E-state index contributed by atoms with van der Waals surface area (Å²) >= 11 is 0. The number of carbonyl (C=O) groups excluding carboxylic acids is 4. The lowest BCUT2D eigenvalue weighted by Crippen LogP contribution is -2.56. The van der Waals surface area contributed by atoms with E-state index < -0.39 is 35.8 Å². The van der Waals surface area contributed by atoms with Gasteiger partial charge >= 0.3 is 6.03 Å². The number of primary amides is 1. The van der Waals surface area contributed by atoms with E-state index in [4.69, 9.17) is 10.5 Å². The lowest BCUT2D eigenvalue weighted by Gasteiger charge is -2.30. The first-order chi connectivity index (χ1) is 15.8. The van der Waals surface area contributed by atoms with Crippen LogP contribution >= 0.6 is 0 Å². The van der Waals surface area contributed by atoms with Gasteiger partial charge in [0.1, 0.15) is 17.5 Å². The predicted octanol–water partition coefficient (Wildman–Crippen LogP) is -0.166. The molecule has 0 aliphatic carbocycles. The molecule has 2 aromatic rings. The highest BCUT2D eigenvalue weighted by Gasteiger charge is 2.44. The predicted molar refractivity (Wildman–Crippen MR) is 117 cm³/mol. The van der Waals surface area contributed by atoms with Gasteiger partial charge in [0, 0.05) is 37.7 Å². The number of nitrogens with one attached hydrogen (secondary N) is 2. The lowest BCUT2D eigenvalue weighted by molar-refractivity contribution is -0.137. The molecule has 3 rings (SSSR count). The molecule has 1 aromatic heterocycles. The fraction of sp³-hybridized carbons (Fsp3) is 0.333. The number of hydrogen-bond donors (Lipinski definition) is 3. The van der Waals surface area contributed by atoms with E-state index in [2.05, 4.69) is 20.6 Å². The Morgan fingerprint density at radius 3 is 2.73 bits per heavy atom. The number of nitrogens with two attached hydrogens (primary N) is 1. The van der Waals surface area contributed by atoms with Crippen molar-refractivity contribution in [3.63, 3.8) is 0 Å². The van der Waals surface area contributed by atoms with Gasteiger partial charge in [0.2, 0.25) is 11.8 Å². The average molecular weight is 455 g/mol. The van der Waals surface area contributed by atoms with Crippen LogP contribution in [0.25, 0.3) is 0 Å². The molecule has 1 aromatic carbocycles. The fourth-order valence-electron chi connectivity index (χ4n) is 3.61. The molecule has 12 nitrogen and oxygen atoms in total. The fourth-order valence-corrected chi connectivity index (χ4v) is 3.61. The summed E-state index contributed by atoms with van der Waals surface area (Å²) in [5.74, 6) is -1.17. The van der Waals surface area contributed by atoms with E-state index in [1.807, 2.05) is 0 Å². The van der Waals surface area contributed by atoms with Crippen molar-refractivity contribution < 1.29 is 23.9 Å². The summed E-state index contributed by atoms with van der Waals surface area (Å²) in [4.78, 5) is 60.5. The Bertz CT molecular complexity index is 1030. The number of nitrogens with zero attached hydrogens (tertiary/aromatic N) is 4. The Morgan fingerprint density at radius 1 is 1.27 bits per heavy atom. The number of likely N-dealkylation sites (N-methyl/N-ethyl adjacent to an activating group) is 1. The topological polar surface area (TPSA) is 160 Å². The minimum atomic E-state index is -1.06. The lowest BCUT2D eigenvalue weighted by atomic mass is 10.1. The SMILES string of the molecule is COc1cccc(NC(=O)N[C@H]2CCN(C(=O)c3cnccn3)[C@H]2C(=O)N(C)CC(N)=O)c1. The van der Waals surface area contributed by atoms with Gasteiger partial charge in [-0.25, -0.2) is 9.78 Å². The van der Waals surface area contributed by atoms with Crippen LogP contribution in [0, 0.1) is 0 Å². The largest absolute Gasteiger partial charge is 0.497 e. The average Bonchev–Trinajstić information content (AvgIpc) is 3.21. The number of carbonyl (C=O) groups is 4. The van der Waals surface area contributed by atoms with Gasteiger partial charge in [-0.1, -0.05) is 6.07 Å². The Balaban J connectivity index is 1.79. The van der Waals surface area contributed by atoms with Gasteiger partial charge in [-0.15, -0.1) is 0 Å². The number of likely N-dealkylation sites (tertiary alicyclic amines) is 1. The molecule has 1 aliphatic heterocycles. The van der Waals surface area contributed by atoms with Crippen molar-refractivity contribution in [2.24, 2.45) is 5.73 Å². The van der Waals surface area contributed by atoms with Gasteiger partial charge in [0.25, 0.3) is 5.91 Å². The Labute approximate surface area is 190 Å². The number of ether oxygens (including phenoxy) is 1. The number of hydrogen-bond acceptors (Lipinski definition) is 7. The summed E-state index contributed by atoms with van der Waals surface area (Å²) in [6, 6.07) is 4.46. The molecule has 1 saturated heterocycles. The molecule has 2 atom stereocenters. The molecular weight excluding hydrogens is 430 g/mol. The minimum Gasteiger partial charge on any atom is -0.497 e. The van der Waals surface area contributed by atoms with E-state index in [-0.39, 0.29) is 18.8 Å². The van der Waals surface area contributed by atoms with Gasteiger partial charge in [-0.2, -0.15) is 0 Å². The van der Waals surface area contributed by atoms with E-state index in [0.29, 0.717) is 17.9 Å². The molecule has 1 aliphatic rings. The second-order valence-corrected chi connectivity index (χ2v) is 7.42. The maximum absolute atomic E-state index is 13.2. The van der Waals surface area contributed by atoms with Crippen molar-refractivity contribution >= 4 is 29.4 Å². The molecule has 5 amide bonds. The molecule has 174 valence electrons. The molecule has 0 bridgehead atoms. The molecule has 0 saturated carbocycles. The number of benzene rings is 1. The normalized spacial score (nSPS) is 17.2. The van der Waals surface area contributed by atoms with E-state index in [1.54, 1.807) is 24.3 Å². The molecule has 33 heavy (non-hydrogen) atoms. The Hall–Kier alpha value is -4.22. The first-order valence-corrected chi connectivity index (χ1v) is 10.1. The molecule has 4 N–H and O–H groups in total. The molecule has 1 fully saturated rings. The second kappa shape index (κ2) is 10.4. The van der Waals surface area contributed by atoms with E-state index in [1.165, 1.54) is 37.6 Å².